The first-order chi connectivity index (χ1) is 9.60. The third-order valence-corrected chi connectivity index (χ3v) is 4.14. The van der Waals surface area contributed by atoms with E-state index in [2.05, 4.69) is 10.6 Å². The molecule has 0 atom stereocenters. The first-order valence-electron chi connectivity index (χ1n) is 6.47. The molecule has 5 heteroatoms. The maximum Gasteiger partial charge on any atom is 0.251 e. The number of hydrogen-bond acceptors (Lipinski definition) is 3. The Kier molecular flexibility index (Phi) is 5.04. The number of benzene rings is 1. The fourth-order valence-electron chi connectivity index (χ4n) is 1.94. The van der Waals surface area contributed by atoms with Crippen molar-refractivity contribution in [3.05, 3.63) is 50.7 Å². The van der Waals surface area contributed by atoms with E-state index in [0.717, 1.165) is 27.0 Å². The van der Waals surface area contributed by atoms with Crippen LogP contribution in [-0.4, -0.2) is 12.5 Å². The quantitative estimate of drug-likeness (QED) is 0.874. The third-order valence-electron chi connectivity index (χ3n) is 2.90. The Morgan fingerprint density at radius 1 is 1.30 bits per heavy atom. The maximum atomic E-state index is 12.2. The van der Waals surface area contributed by atoms with Gasteiger partial charge >= 0.3 is 0 Å². The van der Waals surface area contributed by atoms with Gasteiger partial charge in [0.2, 0.25) is 0 Å². The van der Waals surface area contributed by atoms with Crippen molar-refractivity contribution in [1.82, 2.24) is 5.32 Å². The Hall–Kier alpha value is -1.52. The first kappa shape index (κ1) is 14.9. The van der Waals surface area contributed by atoms with E-state index in [1.165, 1.54) is 11.3 Å². The van der Waals surface area contributed by atoms with Crippen molar-refractivity contribution in [2.24, 2.45) is 0 Å². The van der Waals surface area contributed by atoms with Gasteiger partial charge in [0.15, 0.2) is 0 Å². The second-order valence-corrected chi connectivity index (χ2v) is 6.25. The summed E-state index contributed by atoms with van der Waals surface area (Å²) in [6, 6.07) is 9.52. The van der Waals surface area contributed by atoms with E-state index in [0.29, 0.717) is 12.1 Å². The summed E-state index contributed by atoms with van der Waals surface area (Å²) in [6.45, 7) is 5.36. The van der Waals surface area contributed by atoms with E-state index < -0.39 is 0 Å². The van der Waals surface area contributed by atoms with Gasteiger partial charge in [0.05, 0.1) is 10.9 Å². The standard InChI is InChI=1S/C15H17ClN2OS/c1-3-17-11-4-6-13(10(2)8-11)15(19)18-9-12-5-7-14(16)20-12/h4-8,17H,3,9H2,1-2H3,(H,18,19). The molecular formula is C15H17ClN2OS. The molecule has 1 heterocycles. The number of halogens is 1. The van der Waals surface area contributed by atoms with Crippen molar-refractivity contribution >= 4 is 34.5 Å². The van der Waals surface area contributed by atoms with Crippen LogP contribution >= 0.6 is 22.9 Å². The van der Waals surface area contributed by atoms with Crippen LogP contribution in [0.25, 0.3) is 0 Å². The van der Waals surface area contributed by atoms with Crippen LogP contribution in [0.5, 0.6) is 0 Å². The van der Waals surface area contributed by atoms with E-state index in [-0.39, 0.29) is 5.91 Å². The summed E-state index contributed by atoms with van der Waals surface area (Å²) in [4.78, 5) is 13.2. The van der Waals surface area contributed by atoms with E-state index in [9.17, 15) is 4.79 Å². The topological polar surface area (TPSA) is 41.1 Å². The molecule has 0 aliphatic carbocycles. The van der Waals surface area contributed by atoms with Crippen LogP contribution in [0.4, 0.5) is 5.69 Å². The summed E-state index contributed by atoms with van der Waals surface area (Å²) < 4.78 is 0.737. The molecular weight excluding hydrogens is 292 g/mol. The number of thiophene rings is 1. The van der Waals surface area contributed by atoms with Crippen molar-refractivity contribution in [1.29, 1.82) is 0 Å². The summed E-state index contributed by atoms with van der Waals surface area (Å²) >= 11 is 7.34. The molecule has 0 bridgehead atoms. The van der Waals surface area contributed by atoms with Crippen molar-refractivity contribution in [2.75, 3.05) is 11.9 Å². The van der Waals surface area contributed by atoms with E-state index in [1.54, 1.807) is 0 Å². The molecule has 0 saturated heterocycles. The zero-order valence-corrected chi connectivity index (χ0v) is 13.1. The van der Waals surface area contributed by atoms with Gasteiger partial charge < -0.3 is 10.6 Å². The van der Waals surface area contributed by atoms with Crippen LogP contribution in [0, 0.1) is 6.92 Å². The molecule has 0 radical (unpaired) electrons. The zero-order valence-electron chi connectivity index (χ0n) is 11.5. The van der Waals surface area contributed by atoms with E-state index in [4.69, 9.17) is 11.6 Å². The second kappa shape index (κ2) is 6.77. The van der Waals surface area contributed by atoms with Crippen molar-refractivity contribution in [3.8, 4) is 0 Å². The van der Waals surface area contributed by atoms with Crippen LogP contribution in [-0.2, 0) is 6.54 Å². The van der Waals surface area contributed by atoms with Crippen molar-refractivity contribution < 1.29 is 4.79 Å². The molecule has 3 nitrogen and oxygen atoms in total. The second-order valence-electron chi connectivity index (χ2n) is 4.45. The number of nitrogens with one attached hydrogen (secondary N) is 2. The molecule has 2 aromatic rings. The van der Waals surface area contributed by atoms with Gasteiger partial charge in [-0.25, -0.2) is 0 Å². The minimum absolute atomic E-state index is 0.0601. The molecule has 20 heavy (non-hydrogen) atoms. The van der Waals surface area contributed by atoms with Crippen LogP contribution in [0.1, 0.15) is 27.7 Å². The molecule has 106 valence electrons. The lowest BCUT2D eigenvalue weighted by molar-refractivity contribution is 0.0950. The van der Waals surface area contributed by atoms with Crippen LogP contribution < -0.4 is 10.6 Å². The minimum atomic E-state index is -0.0601. The lowest BCUT2D eigenvalue weighted by Crippen LogP contribution is -2.23. The molecule has 1 amide bonds. The highest BCUT2D eigenvalue weighted by atomic mass is 35.5. The number of amides is 1. The smallest absolute Gasteiger partial charge is 0.251 e. The Morgan fingerprint density at radius 3 is 2.70 bits per heavy atom. The number of rotatable bonds is 5. The number of carbonyl (C=O) groups is 1. The van der Waals surface area contributed by atoms with Crippen molar-refractivity contribution in [3.63, 3.8) is 0 Å². The predicted molar refractivity (Wildman–Crippen MR) is 85.8 cm³/mol. The average Bonchev–Trinajstić information content (AvgIpc) is 2.82. The Morgan fingerprint density at radius 2 is 2.10 bits per heavy atom. The maximum absolute atomic E-state index is 12.2. The largest absolute Gasteiger partial charge is 0.385 e. The lowest BCUT2D eigenvalue weighted by Gasteiger charge is -2.09. The molecule has 0 spiro atoms. The van der Waals surface area contributed by atoms with Crippen molar-refractivity contribution in [2.45, 2.75) is 20.4 Å². The molecule has 0 aliphatic rings. The van der Waals surface area contributed by atoms with Gasteiger partial charge in [-0.05, 0) is 49.7 Å². The molecule has 0 aliphatic heterocycles. The fourth-order valence-corrected chi connectivity index (χ4v) is 2.97. The highest BCUT2D eigenvalue weighted by molar-refractivity contribution is 7.16. The monoisotopic (exact) mass is 308 g/mol. The molecule has 0 unspecified atom stereocenters. The summed E-state index contributed by atoms with van der Waals surface area (Å²) in [5.74, 6) is -0.0601. The van der Waals surface area contributed by atoms with Crippen LogP contribution in [0.2, 0.25) is 4.34 Å². The van der Waals surface area contributed by atoms with Gasteiger partial charge in [0, 0.05) is 22.7 Å². The number of hydrogen-bond donors (Lipinski definition) is 2. The Labute approximate surface area is 128 Å². The molecule has 1 aromatic heterocycles. The lowest BCUT2D eigenvalue weighted by atomic mass is 10.1. The molecule has 2 rings (SSSR count). The average molecular weight is 309 g/mol. The van der Waals surface area contributed by atoms with Crippen LogP contribution in [0.15, 0.2) is 30.3 Å². The van der Waals surface area contributed by atoms with Gasteiger partial charge in [-0.1, -0.05) is 11.6 Å². The Balaban J connectivity index is 2.01. The zero-order chi connectivity index (χ0) is 14.5. The summed E-state index contributed by atoms with van der Waals surface area (Å²) in [6.07, 6.45) is 0. The number of anilines is 1. The third kappa shape index (κ3) is 3.74. The highest BCUT2D eigenvalue weighted by Crippen LogP contribution is 2.21. The minimum Gasteiger partial charge on any atom is -0.385 e. The van der Waals surface area contributed by atoms with Gasteiger partial charge in [-0.2, -0.15) is 0 Å². The predicted octanol–water partition coefficient (Wildman–Crippen LogP) is 4.07. The Bertz CT molecular complexity index is 610. The molecule has 1 aromatic carbocycles. The van der Waals surface area contributed by atoms with Gasteiger partial charge in [0.25, 0.3) is 5.91 Å². The SMILES string of the molecule is CCNc1ccc(C(=O)NCc2ccc(Cl)s2)c(C)c1. The van der Waals surface area contributed by atoms with Crippen LogP contribution in [0.3, 0.4) is 0 Å². The van der Waals surface area contributed by atoms with E-state index in [1.807, 2.05) is 44.2 Å². The van der Waals surface area contributed by atoms with Gasteiger partial charge in [-0.15, -0.1) is 11.3 Å². The molecule has 0 saturated carbocycles. The van der Waals surface area contributed by atoms with E-state index >= 15 is 0 Å². The normalized spacial score (nSPS) is 10.3. The summed E-state index contributed by atoms with van der Waals surface area (Å²) in [7, 11) is 0. The fraction of sp³-hybridized carbons (Fsp3) is 0.267. The summed E-state index contributed by atoms with van der Waals surface area (Å²) in [5.41, 5.74) is 2.70. The number of carbonyl (C=O) groups excluding carboxylic acids is 1. The van der Waals surface area contributed by atoms with Gasteiger partial charge in [0.1, 0.15) is 0 Å². The van der Waals surface area contributed by atoms with Gasteiger partial charge in [-0.3, -0.25) is 4.79 Å². The highest BCUT2D eigenvalue weighted by Gasteiger charge is 2.09. The summed E-state index contributed by atoms with van der Waals surface area (Å²) in [5, 5.41) is 6.14. The number of aryl methyl sites for hydroxylation is 1. The molecule has 2 N–H and O–H groups in total. The first-order valence-corrected chi connectivity index (χ1v) is 7.66. The molecule has 0 fully saturated rings.